The molecule has 0 fully saturated rings. The fourth-order valence-electron chi connectivity index (χ4n) is 3.14. The van der Waals surface area contributed by atoms with Gasteiger partial charge in [0, 0.05) is 34.9 Å². The molecule has 24 heavy (non-hydrogen) atoms. The lowest BCUT2D eigenvalue weighted by Gasteiger charge is -2.23. The number of likely N-dealkylation sites (N-methyl/N-ethyl adjacent to an activating group) is 1. The van der Waals surface area contributed by atoms with Crippen molar-refractivity contribution in [3.05, 3.63) is 70.9 Å². The Hall–Kier alpha value is -2.26. The van der Waals surface area contributed by atoms with Crippen molar-refractivity contribution in [1.82, 2.24) is 0 Å². The molecular formula is C20H20ClNO2. The van der Waals surface area contributed by atoms with E-state index < -0.39 is 0 Å². The molecule has 0 spiro atoms. The topological polar surface area (TPSA) is 29.5 Å². The van der Waals surface area contributed by atoms with E-state index in [0.29, 0.717) is 10.8 Å². The van der Waals surface area contributed by atoms with Crippen molar-refractivity contribution in [2.24, 2.45) is 0 Å². The van der Waals surface area contributed by atoms with Gasteiger partial charge in [0.1, 0.15) is 5.75 Å². The van der Waals surface area contributed by atoms with Crippen LogP contribution in [0.1, 0.15) is 19.4 Å². The predicted molar refractivity (Wildman–Crippen MR) is 97.9 cm³/mol. The SMILES string of the molecule is CN1/C(=C\C(=O)COc2ccc(Cl)cc2)C(C)(C)c2ccccc21. The zero-order valence-corrected chi connectivity index (χ0v) is 14.8. The molecule has 124 valence electrons. The normalized spacial score (nSPS) is 17.0. The molecule has 4 heteroatoms. The standard InChI is InChI=1S/C20H20ClNO2/c1-20(2)17-6-4-5-7-18(17)22(3)19(20)12-15(23)13-24-16-10-8-14(21)9-11-16/h4-12H,13H2,1-3H3/b19-12-. The smallest absolute Gasteiger partial charge is 0.194 e. The zero-order chi connectivity index (χ0) is 17.3. The van der Waals surface area contributed by atoms with Crippen LogP contribution in [0.5, 0.6) is 5.75 Å². The number of carbonyl (C=O) groups is 1. The van der Waals surface area contributed by atoms with E-state index in [0.717, 1.165) is 11.4 Å². The highest BCUT2D eigenvalue weighted by Gasteiger charge is 2.38. The number of hydrogen-bond acceptors (Lipinski definition) is 3. The molecule has 1 heterocycles. The van der Waals surface area contributed by atoms with Crippen molar-refractivity contribution in [3.8, 4) is 5.75 Å². The molecule has 0 bridgehead atoms. The highest BCUT2D eigenvalue weighted by atomic mass is 35.5. The summed E-state index contributed by atoms with van der Waals surface area (Å²) in [5.74, 6) is 0.571. The Morgan fingerprint density at radius 2 is 1.83 bits per heavy atom. The number of carbonyl (C=O) groups excluding carboxylic acids is 1. The molecule has 1 aliphatic rings. The van der Waals surface area contributed by atoms with Gasteiger partial charge in [-0.25, -0.2) is 0 Å². The van der Waals surface area contributed by atoms with E-state index in [1.807, 2.05) is 19.2 Å². The summed E-state index contributed by atoms with van der Waals surface area (Å²) in [6.07, 6.45) is 1.69. The molecule has 0 radical (unpaired) electrons. The maximum atomic E-state index is 12.4. The van der Waals surface area contributed by atoms with Crippen molar-refractivity contribution in [1.29, 1.82) is 0 Å². The van der Waals surface area contributed by atoms with Crippen molar-refractivity contribution < 1.29 is 9.53 Å². The number of ketones is 1. The third-order valence-corrected chi connectivity index (χ3v) is 4.68. The van der Waals surface area contributed by atoms with Gasteiger partial charge >= 0.3 is 0 Å². The molecule has 0 saturated heterocycles. The number of ether oxygens (including phenoxy) is 1. The molecule has 0 aromatic heterocycles. The lowest BCUT2D eigenvalue weighted by molar-refractivity contribution is -0.116. The average Bonchev–Trinajstić information content (AvgIpc) is 2.76. The summed E-state index contributed by atoms with van der Waals surface area (Å²) in [7, 11) is 1.99. The highest BCUT2D eigenvalue weighted by molar-refractivity contribution is 6.30. The van der Waals surface area contributed by atoms with Crippen molar-refractivity contribution >= 4 is 23.1 Å². The number of benzene rings is 2. The Kier molecular flexibility index (Phi) is 4.37. The number of nitrogens with zero attached hydrogens (tertiary/aromatic N) is 1. The first-order valence-corrected chi connectivity index (χ1v) is 8.24. The molecule has 3 rings (SSSR count). The monoisotopic (exact) mass is 341 g/mol. The fraction of sp³-hybridized carbons (Fsp3) is 0.250. The summed E-state index contributed by atoms with van der Waals surface area (Å²) < 4.78 is 5.54. The second kappa shape index (κ2) is 6.33. The van der Waals surface area contributed by atoms with E-state index in [4.69, 9.17) is 16.3 Å². The largest absolute Gasteiger partial charge is 0.485 e. The van der Waals surface area contributed by atoms with Gasteiger partial charge in [-0.3, -0.25) is 4.79 Å². The summed E-state index contributed by atoms with van der Waals surface area (Å²) in [6.45, 7) is 4.27. The summed E-state index contributed by atoms with van der Waals surface area (Å²) >= 11 is 5.84. The molecule has 0 aliphatic carbocycles. The van der Waals surface area contributed by atoms with Gasteiger partial charge in [-0.05, 0) is 35.9 Å². The number of fused-ring (bicyclic) bond motifs is 1. The lowest BCUT2D eigenvalue weighted by Crippen LogP contribution is -2.25. The predicted octanol–water partition coefficient (Wildman–Crippen LogP) is 4.60. The Labute approximate surface area is 147 Å². The highest BCUT2D eigenvalue weighted by Crippen LogP contribution is 2.46. The van der Waals surface area contributed by atoms with Crippen LogP contribution in [0.2, 0.25) is 5.02 Å². The summed E-state index contributed by atoms with van der Waals surface area (Å²) in [5, 5.41) is 0.642. The van der Waals surface area contributed by atoms with Crippen molar-refractivity contribution in [3.63, 3.8) is 0 Å². The van der Waals surface area contributed by atoms with Gasteiger partial charge in [-0.15, -0.1) is 0 Å². The van der Waals surface area contributed by atoms with E-state index in [2.05, 4.69) is 30.9 Å². The van der Waals surface area contributed by atoms with Crippen LogP contribution in [-0.4, -0.2) is 19.4 Å². The number of hydrogen-bond donors (Lipinski definition) is 0. The molecule has 2 aromatic rings. The van der Waals surface area contributed by atoms with Crippen LogP contribution in [0.15, 0.2) is 60.3 Å². The van der Waals surface area contributed by atoms with Crippen LogP contribution >= 0.6 is 11.6 Å². The summed E-state index contributed by atoms with van der Waals surface area (Å²) in [5.41, 5.74) is 3.14. The molecule has 2 aromatic carbocycles. The summed E-state index contributed by atoms with van der Waals surface area (Å²) in [4.78, 5) is 14.4. The molecular weight excluding hydrogens is 322 g/mol. The molecule has 0 saturated carbocycles. The van der Waals surface area contributed by atoms with Crippen LogP contribution in [0.25, 0.3) is 0 Å². The third kappa shape index (κ3) is 3.04. The summed E-state index contributed by atoms with van der Waals surface area (Å²) in [6, 6.07) is 15.2. The minimum absolute atomic E-state index is 0.00535. The average molecular weight is 342 g/mol. The van der Waals surface area contributed by atoms with Gasteiger partial charge in [-0.1, -0.05) is 43.6 Å². The van der Waals surface area contributed by atoms with Gasteiger partial charge in [-0.2, -0.15) is 0 Å². The van der Waals surface area contributed by atoms with Crippen LogP contribution in [0, 0.1) is 0 Å². The first-order chi connectivity index (χ1) is 11.4. The molecule has 0 atom stereocenters. The Bertz CT molecular complexity index is 794. The quantitative estimate of drug-likeness (QED) is 0.761. The Morgan fingerprint density at radius 3 is 2.50 bits per heavy atom. The maximum Gasteiger partial charge on any atom is 0.194 e. The van der Waals surface area contributed by atoms with Gasteiger partial charge in [0.25, 0.3) is 0 Å². The molecule has 3 nitrogen and oxygen atoms in total. The Morgan fingerprint density at radius 1 is 1.17 bits per heavy atom. The second-order valence-electron chi connectivity index (χ2n) is 6.44. The van der Waals surface area contributed by atoms with E-state index in [1.54, 1.807) is 30.3 Å². The van der Waals surface area contributed by atoms with E-state index >= 15 is 0 Å². The van der Waals surface area contributed by atoms with Crippen LogP contribution in [-0.2, 0) is 10.2 Å². The van der Waals surface area contributed by atoms with Crippen LogP contribution in [0.3, 0.4) is 0 Å². The zero-order valence-electron chi connectivity index (χ0n) is 14.0. The van der Waals surface area contributed by atoms with E-state index in [-0.39, 0.29) is 17.8 Å². The second-order valence-corrected chi connectivity index (χ2v) is 6.88. The fourth-order valence-corrected chi connectivity index (χ4v) is 3.26. The number of rotatable bonds is 4. The van der Waals surface area contributed by atoms with Gasteiger partial charge in [0.05, 0.1) is 0 Å². The van der Waals surface area contributed by atoms with Crippen molar-refractivity contribution in [2.75, 3.05) is 18.6 Å². The molecule has 0 N–H and O–H groups in total. The maximum absolute atomic E-state index is 12.4. The Balaban J connectivity index is 1.76. The number of allylic oxidation sites excluding steroid dienone is 1. The van der Waals surface area contributed by atoms with Gasteiger partial charge in [0.2, 0.25) is 0 Å². The number of halogens is 1. The van der Waals surface area contributed by atoms with Gasteiger partial charge < -0.3 is 9.64 Å². The lowest BCUT2D eigenvalue weighted by atomic mass is 9.83. The first-order valence-electron chi connectivity index (χ1n) is 7.86. The molecule has 0 unspecified atom stereocenters. The van der Waals surface area contributed by atoms with Gasteiger partial charge in [0.15, 0.2) is 12.4 Å². The van der Waals surface area contributed by atoms with Crippen molar-refractivity contribution in [2.45, 2.75) is 19.3 Å². The van der Waals surface area contributed by atoms with Crippen LogP contribution in [0.4, 0.5) is 5.69 Å². The minimum atomic E-state index is -0.207. The van der Waals surface area contributed by atoms with Crippen LogP contribution < -0.4 is 9.64 Å². The van der Waals surface area contributed by atoms with E-state index in [1.165, 1.54) is 5.56 Å². The number of anilines is 1. The molecule has 0 amide bonds. The number of para-hydroxylation sites is 1. The minimum Gasteiger partial charge on any atom is -0.485 e. The third-order valence-electron chi connectivity index (χ3n) is 4.43. The van der Waals surface area contributed by atoms with E-state index in [9.17, 15) is 4.79 Å². The first kappa shape index (κ1) is 16.6. The molecule has 1 aliphatic heterocycles.